The summed E-state index contributed by atoms with van der Waals surface area (Å²) in [5.41, 5.74) is 4.73. The third-order valence-electron chi connectivity index (χ3n) is 6.14. The highest BCUT2D eigenvalue weighted by Crippen LogP contribution is 2.38. The molecule has 1 fully saturated rings. The van der Waals surface area contributed by atoms with Crippen molar-refractivity contribution in [2.24, 2.45) is 4.99 Å². The highest BCUT2D eigenvalue weighted by atomic mass is 16.2. The summed E-state index contributed by atoms with van der Waals surface area (Å²) >= 11 is 0. The Balaban J connectivity index is 1.48. The molecule has 0 saturated heterocycles. The number of aryl methyl sites for hydroxylation is 1. The number of carbonyl (C=O) groups is 1. The number of hydrogen-bond acceptors (Lipinski definition) is 3. The molecule has 2 heterocycles. The average molecular weight is 362 g/mol. The summed E-state index contributed by atoms with van der Waals surface area (Å²) in [5.74, 6) is 0.183. The van der Waals surface area contributed by atoms with Crippen LogP contribution in [0.5, 0.6) is 0 Å². The highest BCUT2D eigenvalue weighted by Gasteiger charge is 2.40. The summed E-state index contributed by atoms with van der Waals surface area (Å²) in [6.45, 7) is 3.90. The SMILES string of the molecule is CCCn1ncc2c(C(=O)N(C3CC3)C3CCC4=C(C=NC4)C3)cccc21. The van der Waals surface area contributed by atoms with E-state index in [1.54, 1.807) is 0 Å². The summed E-state index contributed by atoms with van der Waals surface area (Å²) in [7, 11) is 0. The smallest absolute Gasteiger partial charge is 0.255 e. The van der Waals surface area contributed by atoms with Crippen LogP contribution >= 0.6 is 0 Å². The van der Waals surface area contributed by atoms with E-state index in [2.05, 4.69) is 28.0 Å². The zero-order chi connectivity index (χ0) is 18.4. The van der Waals surface area contributed by atoms with Gasteiger partial charge in [-0.3, -0.25) is 14.5 Å². The van der Waals surface area contributed by atoms with Gasteiger partial charge in [0.15, 0.2) is 0 Å². The van der Waals surface area contributed by atoms with Gasteiger partial charge in [0.05, 0.1) is 23.8 Å². The van der Waals surface area contributed by atoms with Crippen LogP contribution in [0, 0.1) is 0 Å². The van der Waals surface area contributed by atoms with Crippen LogP contribution in [0.2, 0.25) is 0 Å². The second-order valence-corrected chi connectivity index (χ2v) is 8.04. The maximum Gasteiger partial charge on any atom is 0.255 e. The van der Waals surface area contributed by atoms with Gasteiger partial charge >= 0.3 is 0 Å². The van der Waals surface area contributed by atoms with Gasteiger partial charge in [-0.05, 0) is 61.8 Å². The first-order chi connectivity index (χ1) is 13.3. The predicted octanol–water partition coefficient (Wildman–Crippen LogP) is 3.98. The maximum absolute atomic E-state index is 13.6. The summed E-state index contributed by atoms with van der Waals surface area (Å²) < 4.78 is 2.01. The molecular formula is C22H26N4O. The Morgan fingerprint density at radius 1 is 1.26 bits per heavy atom. The topological polar surface area (TPSA) is 50.5 Å². The fourth-order valence-corrected chi connectivity index (χ4v) is 4.63. The fourth-order valence-electron chi connectivity index (χ4n) is 4.63. The van der Waals surface area contributed by atoms with E-state index in [0.29, 0.717) is 12.1 Å². The van der Waals surface area contributed by atoms with E-state index in [9.17, 15) is 4.79 Å². The van der Waals surface area contributed by atoms with Crippen molar-refractivity contribution >= 4 is 23.0 Å². The second-order valence-electron chi connectivity index (χ2n) is 8.04. The van der Waals surface area contributed by atoms with Gasteiger partial charge in [-0.25, -0.2) is 0 Å². The lowest BCUT2D eigenvalue weighted by Gasteiger charge is -2.35. The minimum absolute atomic E-state index is 0.183. The molecule has 2 aromatic rings. The number of nitrogens with zero attached hydrogens (tertiary/aromatic N) is 4. The quantitative estimate of drug-likeness (QED) is 0.808. The van der Waals surface area contributed by atoms with Crippen LogP contribution in [0.15, 0.2) is 40.5 Å². The summed E-state index contributed by atoms with van der Waals surface area (Å²) in [4.78, 5) is 20.3. The molecule has 1 saturated carbocycles. The van der Waals surface area contributed by atoms with E-state index in [4.69, 9.17) is 0 Å². The summed E-state index contributed by atoms with van der Waals surface area (Å²) in [6.07, 6.45) is 10.3. The molecule has 1 amide bonds. The average Bonchev–Trinajstić information content (AvgIpc) is 3.25. The minimum Gasteiger partial charge on any atom is -0.332 e. The molecule has 1 aromatic heterocycles. The van der Waals surface area contributed by atoms with E-state index < -0.39 is 0 Å². The highest BCUT2D eigenvalue weighted by molar-refractivity contribution is 6.06. The zero-order valence-corrected chi connectivity index (χ0v) is 15.9. The molecule has 1 aromatic carbocycles. The fraction of sp³-hybridized carbons (Fsp3) is 0.500. The van der Waals surface area contributed by atoms with Crippen molar-refractivity contribution in [1.82, 2.24) is 14.7 Å². The monoisotopic (exact) mass is 362 g/mol. The van der Waals surface area contributed by atoms with Gasteiger partial charge in [-0.15, -0.1) is 0 Å². The van der Waals surface area contributed by atoms with Gasteiger partial charge < -0.3 is 4.90 Å². The molecule has 1 atom stereocenters. The molecule has 3 aliphatic rings. The summed E-state index contributed by atoms with van der Waals surface area (Å²) in [5, 5.41) is 5.51. The molecule has 27 heavy (non-hydrogen) atoms. The number of hydrogen-bond donors (Lipinski definition) is 0. The second kappa shape index (κ2) is 6.63. The van der Waals surface area contributed by atoms with E-state index >= 15 is 0 Å². The molecule has 5 rings (SSSR count). The van der Waals surface area contributed by atoms with Crippen LogP contribution < -0.4 is 0 Å². The van der Waals surface area contributed by atoms with Gasteiger partial charge in [0.1, 0.15) is 0 Å². The van der Waals surface area contributed by atoms with Crippen molar-refractivity contribution in [1.29, 1.82) is 0 Å². The van der Waals surface area contributed by atoms with Crippen molar-refractivity contribution in [3.63, 3.8) is 0 Å². The lowest BCUT2D eigenvalue weighted by Crippen LogP contribution is -2.43. The van der Waals surface area contributed by atoms with Crippen LogP contribution in [0.25, 0.3) is 10.9 Å². The Morgan fingerprint density at radius 3 is 2.96 bits per heavy atom. The first-order valence-corrected chi connectivity index (χ1v) is 10.2. The molecule has 5 nitrogen and oxygen atoms in total. The van der Waals surface area contributed by atoms with E-state index in [0.717, 1.165) is 68.1 Å². The number of rotatable bonds is 5. The molecule has 0 N–H and O–H groups in total. The number of fused-ring (bicyclic) bond motifs is 1. The van der Waals surface area contributed by atoms with Crippen LogP contribution in [0.4, 0.5) is 0 Å². The number of carbonyl (C=O) groups excluding carboxylic acids is 1. The number of aromatic nitrogens is 2. The van der Waals surface area contributed by atoms with Gasteiger partial charge in [-0.1, -0.05) is 13.0 Å². The van der Waals surface area contributed by atoms with E-state index in [1.165, 1.54) is 11.1 Å². The normalized spacial score (nSPS) is 21.7. The lowest BCUT2D eigenvalue weighted by atomic mass is 9.88. The van der Waals surface area contributed by atoms with Gasteiger partial charge in [0.25, 0.3) is 5.91 Å². The summed E-state index contributed by atoms with van der Waals surface area (Å²) in [6, 6.07) is 6.75. The number of aliphatic imine (C=N–C) groups is 1. The van der Waals surface area contributed by atoms with Crippen molar-refractivity contribution in [3.05, 3.63) is 41.1 Å². The Labute approximate surface area is 159 Å². The minimum atomic E-state index is 0.183. The van der Waals surface area contributed by atoms with Crippen LogP contribution in [0.1, 0.15) is 55.8 Å². The molecular weight excluding hydrogens is 336 g/mol. The third-order valence-corrected chi connectivity index (χ3v) is 6.14. The molecule has 1 unspecified atom stereocenters. The lowest BCUT2D eigenvalue weighted by molar-refractivity contribution is 0.0647. The van der Waals surface area contributed by atoms with Crippen LogP contribution in [-0.4, -0.2) is 45.4 Å². The Hall–Kier alpha value is -2.43. The first-order valence-electron chi connectivity index (χ1n) is 10.2. The van der Waals surface area contributed by atoms with Crippen molar-refractivity contribution < 1.29 is 4.79 Å². The van der Waals surface area contributed by atoms with E-state index in [-0.39, 0.29) is 5.91 Å². The van der Waals surface area contributed by atoms with Crippen molar-refractivity contribution in [2.75, 3.05) is 6.54 Å². The van der Waals surface area contributed by atoms with E-state index in [1.807, 2.05) is 29.2 Å². The molecule has 5 heteroatoms. The van der Waals surface area contributed by atoms with Crippen molar-refractivity contribution in [2.45, 2.75) is 64.1 Å². The number of amides is 1. The first kappa shape index (κ1) is 16.7. The zero-order valence-electron chi connectivity index (χ0n) is 15.9. The van der Waals surface area contributed by atoms with Crippen LogP contribution in [0.3, 0.4) is 0 Å². The molecule has 140 valence electrons. The van der Waals surface area contributed by atoms with Gasteiger partial charge in [-0.2, -0.15) is 5.10 Å². The van der Waals surface area contributed by atoms with Crippen LogP contribution in [-0.2, 0) is 6.54 Å². The van der Waals surface area contributed by atoms with Gasteiger partial charge in [0, 0.05) is 30.2 Å². The molecule has 0 radical (unpaired) electrons. The molecule has 1 aliphatic heterocycles. The largest absolute Gasteiger partial charge is 0.332 e. The maximum atomic E-state index is 13.6. The Kier molecular flexibility index (Phi) is 4.10. The molecule has 2 aliphatic carbocycles. The Bertz CT molecular complexity index is 950. The Morgan fingerprint density at radius 2 is 2.15 bits per heavy atom. The standard InChI is InChI=1S/C22H26N4O/c1-2-10-25-21-5-3-4-19(20(21)14-24-25)22(27)26(17-8-9-17)18-7-6-15-12-23-13-16(15)11-18/h3-5,13-14,17-18H,2,6-12H2,1H3. The predicted molar refractivity (Wildman–Crippen MR) is 107 cm³/mol. The third kappa shape index (κ3) is 2.89. The van der Waals surface area contributed by atoms with Crippen molar-refractivity contribution in [3.8, 4) is 0 Å². The molecule has 0 spiro atoms. The van der Waals surface area contributed by atoms with Gasteiger partial charge in [0.2, 0.25) is 0 Å². The number of benzene rings is 1. The molecule has 0 bridgehead atoms.